The van der Waals surface area contributed by atoms with Crippen molar-refractivity contribution in [3.63, 3.8) is 0 Å². The van der Waals surface area contributed by atoms with Crippen LogP contribution in [0.1, 0.15) is 36.1 Å². The molecule has 5 heteroatoms. The van der Waals surface area contributed by atoms with Gasteiger partial charge >= 0.3 is 0 Å². The molecular formula is C26H25FN4. The predicted molar refractivity (Wildman–Crippen MR) is 119 cm³/mol. The van der Waals surface area contributed by atoms with Crippen LogP contribution < -0.4 is 5.73 Å². The number of nitrogens with zero attached hydrogens (tertiary/aromatic N) is 3. The van der Waals surface area contributed by atoms with Gasteiger partial charge in [0.15, 0.2) is 0 Å². The fourth-order valence-corrected chi connectivity index (χ4v) is 5.23. The average molecular weight is 413 g/mol. The fraction of sp³-hybridized carbons (Fsp3) is 0.308. The van der Waals surface area contributed by atoms with Crippen LogP contribution in [0.15, 0.2) is 54.6 Å². The molecule has 5 rings (SSSR count). The number of rotatable bonds is 4. The quantitative estimate of drug-likeness (QED) is 0.669. The van der Waals surface area contributed by atoms with Crippen molar-refractivity contribution in [3.8, 4) is 28.5 Å². The van der Waals surface area contributed by atoms with Crippen molar-refractivity contribution in [2.24, 2.45) is 5.73 Å². The Labute approximate surface area is 182 Å². The molecule has 2 bridgehead atoms. The van der Waals surface area contributed by atoms with Crippen LogP contribution in [0, 0.1) is 24.1 Å². The van der Waals surface area contributed by atoms with Crippen molar-refractivity contribution in [1.82, 2.24) is 9.88 Å². The van der Waals surface area contributed by atoms with E-state index in [1.165, 1.54) is 24.5 Å². The highest BCUT2D eigenvalue weighted by molar-refractivity contribution is 5.82. The Bertz CT molecular complexity index is 1180. The van der Waals surface area contributed by atoms with Gasteiger partial charge in [0.2, 0.25) is 0 Å². The Kier molecular flexibility index (Phi) is 5.05. The fourth-order valence-electron chi connectivity index (χ4n) is 5.23. The number of nitrogens with two attached hydrogens (primary N) is 1. The first-order valence-corrected chi connectivity index (χ1v) is 10.8. The second-order valence-corrected chi connectivity index (χ2v) is 8.72. The van der Waals surface area contributed by atoms with Crippen LogP contribution in [0.5, 0.6) is 0 Å². The average Bonchev–Trinajstić information content (AvgIpc) is 3.28. The molecule has 2 aliphatic rings. The van der Waals surface area contributed by atoms with E-state index in [0.717, 1.165) is 41.0 Å². The van der Waals surface area contributed by atoms with Gasteiger partial charge in [0.05, 0.1) is 11.3 Å². The zero-order valence-corrected chi connectivity index (χ0v) is 17.6. The normalized spacial score (nSPS) is 22.6. The maximum Gasteiger partial charge on any atom is 0.141 e. The van der Waals surface area contributed by atoms with Gasteiger partial charge in [-0.3, -0.25) is 9.88 Å². The molecule has 0 amide bonds. The highest BCUT2D eigenvalue weighted by Crippen LogP contribution is 2.39. The van der Waals surface area contributed by atoms with Gasteiger partial charge in [-0.25, -0.2) is 4.39 Å². The summed E-state index contributed by atoms with van der Waals surface area (Å²) in [6, 6.07) is 20.3. The summed E-state index contributed by atoms with van der Waals surface area (Å²) in [4.78, 5) is 7.23. The molecule has 0 spiro atoms. The molecule has 3 aromatic rings. The number of pyridine rings is 1. The molecule has 156 valence electrons. The van der Waals surface area contributed by atoms with Crippen LogP contribution in [0.2, 0.25) is 0 Å². The zero-order chi connectivity index (χ0) is 21.5. The summed E-state index contributed by atoms with van der Waals surface area (Å²) in [6.45, 7) is 2.81. The standard InChI is InChI=1S/C26H25FN4/c1-16-3-2-4-25(30-16)21-9-5-17(15-31-20-8-10-26(31)24(29)13-20)11-22(21)18-6-7-19(14-28)23(27)12-18/h2-7,9,11-12,20,24,26H,8,10,13,15,29H2,1H3/t20-,24+,26+/m1/s1. The van der Waals surface area contributed by atoms with E-state index in [1.54, 1.807) is 6.07 Å². The van der Waals surface area contributed by atoms with Crippen molar-refractivity contribution in [2.75, 3.05) is 0 Å². The minimum absolute atomic E-state index is 0.0535. The van der Waals surface area contributed by atoms with Crippen LogP contribution >= 0.6 is 0 Å². The lowest BCUT2D eigenvalue weighted by atomic mass is 9.94. The van der Waals surface area contributed by atoms with Gasteiger partial charge in [0.1, 0.15) is 11.9 Å². The number of aromatic nitrogens is 1. The van der Waals surface area contributed by atoms with Crippen molar-refractivity contribution in [2.45, 2.75) is 50.9 Å². The van der Waals surface area contributed by atoms with E-state index < -0.39 is 5.82 Å². The Morgan fingerprint density at radius 3 is 2.68 bits per heavy atom. The largest absolute Gasteiger partial charge is 0.326 e. The second kappa shape index (κ2) is 7.88. The van der Waals surface area contributed by atoms with Gasteiger partial charge in [0, 0.05) is 35.9 Å². The number of hydrogen-bond acceptors (Lipinski definition) is 4. The lowest BCUT2D eigenvalue weighted by Crippen LogP contribution is -2.36. The SMILES string of the molecule is Cc1cccc(-c2ccc(CN3[C@@H]4CC[C@H]3[C@@H](N)C4)cc2-c2ccc(C#N)c(F)c2)n1. The monoisotopic (exact) mass is 412 g/mol. The highest BCUT2D eigenvalue weighted by atomic mass is 19.1. The van der Waals surface area contributed by atoms with Crippen LogP contribution in [0.4, 0.5) is 4.39 Å². The molecule has 3 atom stereocenters. The van der Waals surface area contributed by atoms with E-state index >= 15 is 0 Å². The summed E-state index contributed by atoms with van der Waals surface area (Å²) >= 11 is 0. The third-order valence-corrected chi connectivity index (χ3v) is 6.74. The molecule has 2 fully saturated rings. The Balaban J connectivity index is 1.58. The number of nitriles is 1. The van der Waals surface area contributed by atoms with E-state index in [0.29, 0.717) is 12.1 Å². The summed E-state index contributed by atoms with van der Waals surface area (Å²) < 4.78 is 14.5. The molecular weight excluding hydrogens is 387 g/mol. The van der Waals surface area contributed by atoms with E-state index in [-0.39, 0.29) is 11.6 Å². The molecule has 1 aromatic heterocycles. The maximum atomic E-state index is 14.5. The number of fused-ring (bicyclic) bond motifs is 2. The van der Waals surface area contributed by atoms with Gasteiger partial charge in [-0.2, -0.15) is 5.26 Å². The number of halogens is 1. The first-order valence-electron chi connectivity index (χ1n) is 10.8. The van der Waals surface area contributed by atoms with Crippen LogP contribution in [0.25, 0.3) is 22.4 Å². The minimum atomic E-state index is -0.503. The molecule has 0 unspecified atom stereocenters. The van der Waals surface area contributed by atoms with Crippen LogP contribution in [0.3, 0.4) is 0 Å². The molecule has 3 heterocycles. The van der Waals surface area contributed by atoms with Crippen molar-refractivity contribution in [3.05, 3.63) is 77.2 Å². The number of hydrogen-bond donors (Lipinski definition) is 1. The first-order chi connectivity index (χ1) is 15.0. The lowest BCUT2D eigenvalue weighted by Gasteiger charge is -2.23. The van der Waals surface area contributed by atoms with Crippen molar-refractivity contribution < 1.29 is 4.39 Å². The Morgan fingerprint density at radius 2 is 2.00 bits per heavy atom. The van der Waals surface area contributed by atoms with E-state index in [4.69, 9.17) is 11.0 Å². The Morgan fingerprint density at radius 1 is 1.13 bits per heavy atom. The minimum Gasteiger partial charge on any atom is -0.326 e. The van der Waals surface area contributed by atoms with Crippen LogP contribution in [-0.2, 0) is 6.54 Å². The molecule has 31 heavy (non-hydrogen) atoms. The zero-order valence-electron chi connectivity index (χ0n) is 17.6. The van der Waals surface area contributed by atoms with Gasteiger partial charge in [-0.15, -0.1) is 0 Å². The third-order valence-electron chi connectivity index (χ3n) is 6.74. The molecule has 0 radical (unpaired) electrons. The predicted octanol–water partition coefficient (Wildman–Crippen LogP) is 4.80. The van der Waals surface area contributed by atoms with Crippen molar-refractivity contribution in [1.29, 1.82) is 5.26 Å². The molecule has 0 aliphatic carbocycles. The molecule has 2 N–H and O–H groups in total. The highest BCUT2D eigenvalue weighted by Gasteiger charge is 2.44. The summed E-state index contributed by atoms with van der Waals surface area (Å²) in [5, 5.41) is 9.11. The third kappa shape index (κ3) is 3.63. The maximum absolute atomic E-state index is 14.5. The second-order valence-electron chi connectivity index (χ2n) is 8.72. The summed E-state index contributed by atoms with van der Waals surface area (Å²) in [7, 11) is 0. The summed E-state index contributed by atoms with van der Waals surface area (Å²) in [5.41, 5.74) is 12.0. The lowest BCUT2D eigenvalue weighted by molar-refractivity contribution is 0.239. The number of aryl methyl sites for hydroxylation is 1. The molecule has 2 saturated heterocycles. The van der Waals surface area contributed by atoms with Crippen LogP contribution in [-0.4, -0.2) is 28.0 Å². The topological polar surface area (TPSA) is 65.9 Å². The molecule has 2 aromatic carbocycles. The number of benzene rings is 2. The summed E-state index contributed by atoms with van der Waals surface area (Å²) in [6.07, 6.45) is 3.46. The molecule has 2 aliphatic heterocycles. The van der Waals surface area contributed by atoms with E-state index in [2.05, 4.69) is 28.1 Å². The van der Waals surface area contributed by atoms with Gasteiger partial charge < -0.3 is 5.73 Å². The van der Waals surface area contributed by atoms with E-state index in [9.17, 15) is 4.39 Å². The summed E-state index contributed by atoms with van der Waals surface area (Å²) in [5.74, 6) is -0.503. The molecule has 4 nitrogen and oxygen atoms in total. The first kappa shape index (κ1) is 19.9. The van der Waals surface area contributed by atoms with Crippen molar-refractivity contribution >= 4 is 0 Å². The molecule has 0 saturated carbocycles. The van der Waals surface area contributed by atoms with Gasteiger partial charge in [-0.05, 0) is 73.2 Å². The van der Waals surface area contributed by atoms with E-state index in [1.807, 2.05) is 37.3 Å². The van der Waals surface area contributed by atoms with Gasteiger partial charge in [-0.1, -0.05) is 24.3 Å². The Hall–Kier alpha value is -3.07. The smallest absolute Gasteiger partial charge is 0.141 e. The van der Waals surface area contributed by atoms with Gasteiger partial charge in [0.25, 0.3) is 0 Å².